The molecule has 8 heteroatoms. The Morgan fingerprint density at radius 2 is 0.727 bits per heavy atom. The van der Waals surface area contributed by atoms with Crippen molar-refractivity contribution in [1.82, 2.24) is 0 Å². The maximum Gasteiger partial charge on any atom is 0.256 e. The van der Waals surface area contributed by atoms with Gasteiger partial charge in [-0.3, -0.25) is 0 Å². The van der Waals surface area contributed by atoms with Crippen LogP contribution in [0.4, 0.5) is 0 Å². The SMILES string of the molecule is CC(C)O[Si](CCCSSSSCCC[Si](OC(C)C)(c1ccccc1)c1ccccc1)(c1ccccc1)c1ccccc1. The molecule has 44 heavy (non-hydrogen) atoms. The molecule has 0 saturated carbocycles. The Labute approximate surface area is 283 Å². The molecule has 0 N–H and O–H groups in total. The summed E-state index contributed by atoms with van der Waals surface area (Å²) in [6, 6.07) is 46.0. The van der Waals surface area contributed by atoms with Crippen molar-refractivity contribution in [2.24, 2.45) is 0 Å². The Balaban J connectivity index is 1.28. The van der Waals surface area contributed by atoms with Gasteiger partial charge >= 0.3 is 0 Å². The monoisotopic (exact) mass is 694 g/mol. The molecule has 0 radical (unpaired) electrons. The average molecular weight is 695 g/mol. The van der Waals surface area contributed by atoms with Gasteiger partial charge in [0.05, 0.1) is 0 Å². The van der Waals surface area contributed by atoms with Crippen molar-refractivity contribution in [3.05, 3.63) is 121 Å². The Bertz CT molecular complexity index is 1150. The third-order valence-corrected chi connectivity index (χ3v) is 23.0. The molecule has 234 valence electrons. The molecular weight excluding hydrogens is 649 g/mol. The van der Waals surface area contributed by atoms with Crippen LogP contribution in [0.1, 0.15) is 40.5 Å². The van der Waals surface area contributed by atoms with E-state index >= 15 is 0 Å². The van der Waals surface area contributed by atoms with Gasteiger partial charge in [-0.1, -0.05) is 143 Å². The Morgan fingerprint density at radius 1 is 0.455 bits per heavy atom. The lowest BCUT2D eigenvalue weighted by Gasteiger charge is -2.34. The number of rotatable bonds is 19. The van der Waals surface area contributed by atoms with Crippen LogP contribution in [0, 0.1) is 0 Å². The van der Waals surface area contributed by atoms with Gasteiger partial charge in [-0.05, 0) is 93.0 Å². The van der Waals surface area contributed by atoms with Gasteiger partial charge in [-0.15, -0.1) is 0 Å². The lowest BCUT2D eigenvalue weighted by molar-refractivity contribution is 0.238. The van der Waals surface area contributed by atoms with E-state index in [0.29, 0.717) is 0 Å². The van der Waals surface area contributed by atoms with E-state index in [4.69, 9.17) is 8.85 Å². The van der Waals surface area contributed by atoms with Crippen molar-refractivity contribution in [3.8, 4) is 0 Å². The molecule has 0 amide bonds. The molecule has 0 saturated heterocycles. The highest BCUT2D eigenvalue weighted by molar-refractivity contribution is 9.26. The minimum absolute atomic E-state index is 0.188. The quantitative estimate of drug-likeness (QED) is 0.0551. The second-order valence-corrected chi connectivity index (χ2v) is 24.8. The van der Waals surface area contributed by atoms with Gasteiger partial charge in [0.2, 0.25) is 0 Å². The summed E-state index contributed by atoms with van der Waals surface area (Å²) in [5.74, 6) is 2.24. The van der Waals surface area contributed by atoms with Crippen LogP contribution in [0.5, 0.6) is 0 Å². The molecule has 0 heterocycles. The van der Waals surface area contributed by atoms with E-state index in [0.717, 1.165) is 36.4 Å². The minimum atomic E-state index is -2.33. The summed E-state index contributed by atoms with van der Waals surface area (Å²) in [7, 11) is 3.15. The first kappa shape index (κ1) is 35.5. The minimum Gasteiger partial charge on any atom is -0.406 e. The van der Waals surface area contributed by atoms with E-state index in [9.17, 15) is 0 Å². The van der Waals surface area contributed by atoms with Gasteiger partial charge in [0.25, 0.3) is 16.6 Å². The summed E-state index contributed by atoms with van der Waals surface area (Å²) < 4.78 is 13.8. The van der Waals surface area contributed by atoms with E-state index in [2.05, 4.69) is 149 Å². The fourth-order valence-electron chi connectivity index (χ4n) is 5.80. The van der Waals surface area contributed by atoms with Crippen molar-refractivity contribution >= 4 is 78.6 Å². The molecule has 0 aliphatic rings. The second kappa shape index (κ2) is 18.7. The number of hydrogen-bond donors (Lipinski definition) is 0. The van der Waals surface area contributed by atoms with Crippen molar-refractivity contribution in [2.75, 3.05) is 11.5 Å². The van der Waals surface area contributed by atoms with Crippen LogP contribution in [0.15, 0.2) is 121 Å². The van der Waals surface area contributed by atoms with Crippen LogP contribution < -0.4 is 20.7 Å². The Hall–Kier alpha value is -1.37. The summed E-state index contributed by atoms with van der Waals surface area (Å²) >= 11 is 0. The molecule has 0 aliphatic carbocycles. The van der Waals surface area contributed by atoms with Crippen LogP contribution in [-0.2, 0) is 8.85 Å². The summed E-state index contributed by atoms with van der Waals surface area (Å²) in [6.45, 7) is 8.70. The lowest BCUT2D eigenvalue weighted by Crippen LogP contribution is -2.61. The van der Waals surface area contributed by atoms with E-state index in [1.54, 1.807) is 0 Å². The average Bonchev–Trinajstić information content (AvgIpc) is 3.05. The smallest absolute Gasteiger partial charge is 0.256 e. The van der Waals surface area contributed by atoms with Crippen LogP contribution in [0.25, 0.3) is 0 Å². The maximum absolute atomic E-state index is 6.90. The molecule has 0 aliphatic heterocycles. The topological polar surface area (TPSA) is 18.5 Å². The van der Waals surface area contributed by atoms with Gasteiger partial charge in [0, 0.05) is 23.7 Å². The first-order valence-corrected chi connectivity index (χ1v) is 25.0. The van der Waals surface area contributed by atoms with Crippen LogP contribution in [-0.4, -0.2) is 40.3 Å². The van der Waals surface area contributed by atoms with Crippen LogP contribution in [0.3, 0.4) is 0 Å². The molecule has 2 nitrogen and oxygen atoms in total. The van der Waals surface area contributed by atoms with Crippen LogP contribution in [0.2, 0.25) is 12.1 Å². The standard InChI is InChI=1S/C36H46O2S4Si2/c1-31(2)37-43(33-19-9-5-10-20-33,34-21-11-6-12-22-34)29-17-27-39-41-42-40-28-18-30-44(38-32(3)4,35-23-13-7-14-24-35)36-25-15-8-16-26-36/h5-16,19-26,31-32H,17-18,27-30H2,1-4H3. The second-order valence-electron chi connectivity index (χ2n) is 11.4. The van der Waals surface area contributed by atoms with Gasteiger partial charge in [0.1, 0.15) is 0 Å². The molecular formula is C36H46O2S4Si2. The summed E-state index contributed by atoms with van der Waals surface area (Å²) in [4.78, 5) is 0. The van der Waals surface area contributed by atoms with Crippen molar-refractivity contribution in [3.63, 3.8) is 0 Å². The first-order chi connectivity index (χ1) is 21.5. The molecule has 0 fully saturated rings. The maximum atomic E-state index is 6.90. The first-order valence-electron chi connectivity index (χ1n) is 15.6. The Morgan fingerprint density at radius 3 is 0.977 bits per heavy atom. The summed E-state index contributed by atoms with van der Waals surface area (Å²) in [6.07, 6.45) is 2.65. The van der Waals surface area contributed by atoms with E-state index < -0.39 is 16.6 Å². The predicted octanol–water partition coefficient (Wildman–Crippen LogP) is 8.81. The number of benzene rings is 4. The van der Waals surface area contributed by atoms with E-state index in [1.165, 1.54) is 20.7 Å². The van der Waals surface area contributed by atoms with E-state index in [-0.39, 0.29) is 12.2 Å². The molecule has 0 aromatic heterocycles. The molecule has 0 bridgehead atoms. The van der Waals surface area contributed by atoms with Crippen molar-refractivity contribution in [2.45, 2.75) is 64.8 Å². The molecule has 0 unspecified atom stereocenters. The zero-order chi connectivity index (χ0) is 31.1. The largest absolute Gasteiger partial charge is 0.406 e. The predicted molar refractivity (Wildman–Crippen MR) is 207 cm³/mol. The molecule has 0 spiro atoms. The van der Waals surface area contributed by atoms with Gasteiger partial charge in [0.15, 0.2) is 0 Å². The van der Waals surface area contributed by atoms with Gasteiger partial charge < -0.3 is 8.85 Å². The summed E-state index contributed by atoms with van der Waals surface area (Å²) in [5, 5.41) is 5.48. The van der Waals surface area contributed by atoms with Gasteiger partial charge in [-0.2, -0.15) is 0 Å². The zero-order valence-corrected chi connectivity index (χ0v) is 31.7. The highest BCUT2D eigenvalue weighted by atomic mass is 33.7. The highest BCUT2D eigenvalue weighted by Gasteiger charge is 2.41. The number of hydrogen-bond acceptors (Lipinski definition) is 6. The van der Waals surface area contributed by atoms with Crippen molar-refractivity contribution in [1.29, 1.82) is 0 Å². The fraction of sp³-hybridized carbons (Fsp3) is 0.333. The third kappa shape index (κ3) is 10.1. The lowest BCUT2D eigenvalue weighted by atomic mass is 10.4. The van der Waals surface area contributed by atoms with Crippen LogP contribution >= 0.6 is 41.2 Å². The molecule has 4 aromatic rings. The third-order valence-electron chi connectivity index (χ3n) is 7.47. The van der Waals surface area contributed by atoms with Gasteiger partial charge in [-0.25, -0.2) is 0 Å². The molecule has 0 atom stereocenters. The highest BCUT2D eigenvalue weighted by Crippen LogP contribution is 2.44. The Kier molecular flexibility index (Phi) is 15.1. The summed E-state index contributed by atoms with van der Waals surface area (Å²) in [5.41, 5.74) is 0. The zero-order valence-electron chi connectivity index (χ0n) is 26.4. The fourth-order valence-corrected chi connectivity index (χ4v) is 20.9. The van der Waals surface area contributed by atoms with Crippen molar-refractivity contribution < 1.29 is 8.85 Å². The normalized spacial score (nSPS) is 12.2. The molecule has 4 aromatic carbocycles. The molecule has 4 rings (SSSR count). The van der Waals surface area contributed by atoms with E-state index in [1.807, 2.05) is 41.2 Å².